The van der Waals surface area contributed by atoms with E-state index in [0.717, 1.165) is 19.3 Å². The van der Waals surface area contributed by atoms with E-state index in [1.807, 2.05) is 0 Å². The second-order valence-corrected chi connectivity index (χ2v) is 5.46. The first-order valence-corrected chi connectivity index (χ1v) is 6.36. The van der Waals surface area contributed by atoms with Crippen LogP contribution in [0.25, 0.3) is 0 Å². The zero-order chi connectivity index (χ0) is 12.5. The molecule has 98 valence electrons. The summed E-state index contributed by atoms with van der Waals surface area (Å²) >= 11 is 0. The van der Waals surface area contributed by atoms with E-state index in [4.69, 9.17) is 5.73 Å². The number of nitrogens with two attached hydrogens (primary N) is 1. The van der Waals surface area contributed by atoms with Gasteiger partial charge in [-0.05, 0) is 32.1 Å². The standard InChI is InChI=1S/C12H20F2N2O/c13-12(14)6-2-9(3-7-12)10(17)16-11(8-15)4-1-5-11/h9H,1-8,15H2,(H,16,17). The van der Waals surface area contributed by atoms with Gasteiger partial charge in [0, 0.05) is 25.3 Å². The van der Waals surface area contributed by atoms with Gasteiger partial charge in [0.2, 0.25) is 11.8 Å². The minimum Gasteiger partial charge on any atom is -0.349 e. The zero-order valence-electron chi connectivity index (χ0n) is 9.98. The minimum absolute atomic E-state index is 0.0781. The summed E-state index contributed by atoms with van der Waals surface area (Å²) in [6.45, 7) is 0.446. The summed E-state index contributed by atoms with van der Waals surface area (Å²) in [6.07, 6.45) is 3.16. The molecule has 17 heavy (non-hydrogen) atoms. The van der Waals surface area contributed by atoms with Crippen LogP contribution in [-0.4, -0.2) is 23.9 Å². The lowest BCUT2D eigenvalue weighted by Gasteiger charge is -2.43. The Bertz CT molecular complexity index is 287. The van der Waals surface area contributed by atoms with Gasteiger partial charge in [0.25, 0.3) is 0 Å². The zero-order valence-corrected chi connectivity index (χ0v) is 9.98. The maximum Gasteiger partial charge on any atom is 0.248 e. The van der Waals surface area contributed by atoms with Crippen molar-refractivity contribution in [3.8, 4) is 0 Å². The molecule has 3 N–H and O–H groups in total. The van der Waals surface area contributed by atoms with Crippen LogP contribution in [-0.2, 0) is 4.79 Å². The highest BCUT2D eigenvalue weighted by Gasteiger charge is 2.41. The summed E-state index contributed by atoms with van der Waals surface area (Å²) in [7, 11) is 0. The van der Waals surface area contributed by atoms with Crippen molar-refractivity contribution in [2.24, 2.45) is 11.7 Å². The van der Waals surface area contributed by atoms with Gasteiger partial charge in [0.05, 0.1) is 5.54 Å². The summed E-state index contributed by atoms with van der Waals surface area (Å²) < 4.78 is 25.9. The van der Waals surface area contributed by atoms with Crippen molar-refractivity contribution in [2.45, 2.75) is 56.4 Å². The number of alkyl halides is 2. The number of amides is 1. The van der Waals surface area contributed by atoms with Gasteiger partial charge in [0.1, 0.15) is 0 Å². The summed E-state index contributed by atoms with van der Waals surface area (Å²) in [5.41, 5.74) is 5.42. The SMILES string of the molecule is NCC1(NC(=O)C2CCC(F)(F)CC2)CCC1. The number of hydrogen-bond donors (Lipinski definition) is 2. The highest BCUT2D eigenvalue weighted by molar-refractivity contribution is 5.79. The minimum atomic E-state index is -2.57. The van der Waals surface area contributed by atoms with Crippen LogP contribution in [0.2, 0.25) is 0 Å². The molecule has 2 saturated carbocycles. The fourth-order valence-corrected chi connectivity index (χ4v) is 2.65. The topological polar surface area (TPSA) is 55.1 Å². The first-order valence-electron chi connectivity index (χ1n) is 6.36. The molecule has 1 amide bonds. The van der Waals surface area contributed by atoms with Gasteiger partial charge >= 0.3 is 0 Å². The van der Waals surface area contributed by atoms with Crippen molar-refractivity contribution in [3.63, 3.8) is 0 Å². The average Bonchev–Trinajstić information content (AvgIpc) is 2.23. The molecule has 2 fully saturated rings. The Morgan fingerprint density at radius 3 is 2.24 bits per heavy atom. The third-order valence-corrected chi connectivity index (χ3v) is 4.18. The molecular formula is C12H20F2N2O. The lowest BCUT2D eigenvalue weighted by atomic mass is 9.76. The summed E-state index contributed by atoms with van der Waals surface area (Å²) in [6, 6.07) is 0. The molecule has 0 bridgehead atoms. The van der Waals surface area contributed by atoms with E-state index < -0.39 is 5.92 Å². The first kappa shape index (κ1) is 12.7. The summed E-state index contributed by atoms with van der Waals surface area (Å²) in [5.74, 6) is -2.90. The van der Waals surface area contributed by atoms with Crippen molar-refractivity contribution in [2.75, 3.05) is 6.54 Å². The number of halogens is 2. The van der Waals surface area contributed by atoms with Crippen LogP contribution >= 0.6 is 0 Å². The molecule has 0 unspecified atom stereocenters. The van der Waals surface area contributed by atoms with E-state index in [9.17, 15) is 13.6 Å². The highest BCUT2D eigenvalue weighted by Crippen LogP contribution is 2.37. The maximum atomic E-state index is 13.0. The van der Waals surface area contributed by atoms with Gasteiger partial charge in [0.15, 0.2) is 0 Å². The lowest BCUT2D eigenvalue weighted by molar-refractivity contribution is -0.132. The van der Waals surface area contributed by atoms with Crippen molar-refractivity contribution >= 4 is 5.91 Å². The molecule has 0 spiro atoms. The van der Waals surface area contributed by atoms with E-state index in [1.54, 1.807) is 0 Å². The van der Waals surface area contributed by atoms with Gasteiger partial charge in [-0.25, -0.2) is 8.78 Å². The fourth-order valence-electron chi connectivity index (χ4n) is 2.65. The number of nitrogens with one attached hydrogen (secondary N) is 1. The molecule has 0 atom stereocenters. The van der Waals surface area contributed by atoms with E-state index in [1.165, 1.54) is 0 Å². The van der Waals surface area contributed by atoms with Crippen molar-refractivity contribution in [3.05, 3.63) is 0 Å². The van der Waals surface area contributed by atoms with Crippen LogP contribution in [0, 0.1) is 5.92 Å². The molecule has 3 nitrogen and oxygen atoms in total. The van der Waals surface area contributed by atoms with Gasteiger partial charge in [-0.3, -0.25) is 4.79 Å². The molecule has 0 radical (unpaired) electrons. The third kappa shape index (κ3) is 2.76. The van der Waals surface area contributed by atoms with Crippen molar-refractivity contribution < 1.29 is 13.6 Å². The fraction of sp³-hybridized carbons (Fsp3) is 0.917. The molecule has 0 heterocycles. The van der Waals surface area contributed by atoms with Crippen LogP contribution < -0.4 is 11.1 Å². The van der Waals surface area contributed by atoms with E-state index in [0.29, 0.717) is 19.4 Å². The lowest BCUT2D eigenvalue weighted by Crippen LogP contribution is -2.59. The second kappa shape index (κ2) is 4.52. The molecule has 0 saturated heterocycles. The van der Waals surface area contributed by atoms with Crippen molar-refractivity contribution in [1.82, 2.24) is 5.32 Å². The van der Waals surface area contributed by atoms with Crippen molar-refractivity contribution in [1.29, 1.82) is 0 Å². The van der Waals surface area contributed by atoms with E-state index in [-0.39, 0.29) is 30.2 Å². The molecular weight excluding hydrogens is 226 g/mol. The Morgan fingerprint density at radius 1 is 1.24 bits per heavy atom. The number of carbonyl (C=O) groups excluding carboxylic acids is 1. The Kier molecular flexibility index (Phi) is 3.39. The molecule has 2 aliphatic carbocycles. The van der Waals surface area contributed by atoms with Gasteiger partial charge in [-0.15, -0.1) is 0 Å². The van der Waals surface area contributed by atoms with Crippen LogP contribution in [0.3, 0.4) is 0 Å². The maximum absolute atomic E-state index is 13.0. The normalized spacial score (nSPS) is 27.2. The molecule has 0 aromatic carbocycles. The average molecular weight is 246 g/mol. The molecule has 5 heteroatoms. The third-order valence-electron chi connectivity index (χ3n) is 4.18. The number of hydrogen-bond acceptors (Lipinski definition) is 2. The molecule has 2 aliphatic rings. The van der Waals surface area contributed by atoms with Crippen LogP contribution in [0.15, 0.2) is 0 Å². The van der Waals surface area contributed by atoms with E-state index >= 15 is 0 Å². The molecule has 0 aromatic heterocycles. The molecule has 0 aromatic rings. The van der Waals surface area contributed by atoms with Crippen LogP contribution in [0.4, 0.5) is 8.78 Å². The largest absolute Gasteiger partial charge is 0.349 e. The van der Waals surface area contributed by atoms with Gasteiger partial charge in [-0.2, -0.15) is 0 Å². The Morgan fingerprint density at radius 2 is 1.82 bits per heavy atom. The Balaban J connectivity index is 1.85. The van der Waals surface area contributed by atoms with Crippen LogP contribution in [0.1, 0.15) is 44.9 Å². The second-order valence-electron chi connectivity index (χ2n) is 5.46. The van der Waals surface area contributed by atoms with Crippen LogP contribution in [0.5, 0.6) is 0 Å². The Labute approximate surface area is 100 Å². The smallest absolute Gasteiger partial charge is 0.248 e. The van der Waals surface area contributed by atoms with E-state index in [2.05, 4.69) is 5.32 Å². The first-order chi connectivity index (χ1) is 7.96. The number of carbonyl (C=O) groups is 1. The highest BCUT2D eigenvalue weighted by atomic mass is 19.3. The predicted octanol–water partition coefficient (Wildman–Crippen LogP) is 1.81. The molecule has 2 rings (SSSR count). The number of rotatable bonds is 3. The quantitative estimate of drug-likeness (QED) is 0.798. The monoisotopic (exact) mass is 246 g/mol. The summed E-state index contributed by atoms with van der Waals surface area (Å²) in [4.78, 5) is 12.0. The molecule has 0 aliphatic heterocycles. The summed E-state index contributed by atoms with van der Waals surface area (Å²) in [5, 5.41) is 2.97. The predicted molar refractivity (Wildman–Crippen MR) is 60.7 cm³/mol. The van der Waals surface area contributed by atoms with Gasteiger partial charge < -0.3 is 11.1 Å². The Hall–Kier alpha value is -0.710. The van der Waals surface area contributed by atoms with Gasteiger partial charge in [-0.1, -0.05) is 0 Å².